The molecule has 0 spiro atoms. The van der Waals surface area contributed by atoms with Crippen molar-refractivity contribution in [2.45, 2.75) is 13.8 Å². The normalized spacial score (nSPS) is 10.5. The highest BCUT2D eigenvalue weighted by atomic mass is 79.9. The van der Waals surface area contributed by atoms with Crippen molar-refractivity contribution in [2.24, 2.45) is 0 Å². The van der Waals surface area contributed by atoms with Crippen LogP contribution in [0.15, 0.2) is 27.5 Å². The molecule has 1 heterocycles. The second-order valence-corrected chi connectivity index (χ2v) is 5.50. The van der Waals surface area contributed by atoms with Crippen molar-refractivity contribution in [3.05, 3.63) is 38.6 Å². The van der Waals surface area contributed by atoms with Crippen molar-refractivity contribution in [2.75, 3.05) is 0 Å². The number of hydrogen-bond donors (Lipinski definition) is 0. The van der Waals surface area contributed by atoms with E-state index >= 15 is 0 Å². The average molecular weight is 268 g/mol. The molecule has 1 aromatic carbocycles. The van der Waals surface area contributed by atoms with E-state index in [1.165, 1.54) is 16.7 Å². The summed E-state index contributed by atoms with van der Waals surface area (Å²) in [6, 6.07) is 6.49. The second kappa shape index (κ2) is 3.83. The fourth-order valence-electron chi connectivity index (χ4n) is 1.51. The van der Waals surface area contributed by atoms with Crippen molar-refractivity contribution in [3.63, 3.8) is 0 Å². The minimum Gasteiger partial charge on any atom is -0.229 e. The summed E-state index contributed by atoms with van der Waals surface area (Å²) < 4.78 is 0.937. The van der Waals surface area contributed by atoms with E-state index in [4.69, 9.17) is 0 Å². The fourth-order valence-corrected chi connectivity index (χ4v) is 2.53. The first kappa shape index (κ1) is 9.87. The first-order chi connectivity index (χ1) is 6.65. The summed E-state index contributed by atoms with van der Waals surface area (Å²) in [4.78, 5) is 4.40. The van der Waals surface area contributed by atoms with Crippen LogP contribution in [0.3, 0.4) is 0 Å². The molecule has 0 N–H and O–H groups in total. The minimum atomic E-state index is 0.937. The molecule has 3 heteroatoms. The third-order valence-corrected chi connectivity index (χ3v) is 3.36. The van der Waals surface area contributed by atoms with Gasteiger partial charge < -0.3 is 0 Å². The van der Waals surface area contributed by atoms with Crippen LogP contribution in [-0.4, -0.2) is 4.98 Å². The molecular weight excluding hydrogens is 258 g/mol. The van der Waals surface area contributed by atoms with Gasteiger partial charge in [0.25, 0.3) is 0 Å². The summed E-state index contributed by atoms with van der Waals surface area (Å²) in [6.07, 6.45) is 0. The number of aromatic nitrogens is 1. The maximum absolute atomic E-state index is 4.40. The monoisotopic (exact) mass is 267 g/mol. The molecule has 1 nitrogen and oxygen atoms in total. The smallest absolute Gasteiger partial charge is 0.159 e. The first-order valence-corrected chi connectivity index (χ1v) is 6.02. The number of thiazole rings is 1. The van der Waals surface area contributed by atoms with Gasteiger partial charge >= 0.3 is 0 Å². The zero-order valence-corrected chi connectivity index (χ0v) is 10.4. The van der Waals surface area contributed by atoms with Gasteiger partial charge in [0.15, 0.2) is 3.92 Å². The summed E-state index contributed by atoms with van der Waals surface area (Å²) in [5.41, 5.74) is 4.81. The molecular formula is C11H10BrNS. The van der Waals surface area contributed by atoms with Gasteiger partial charge in [0.1, 0.15) is 0 Å². The van der Waals surface area contributed by atoms with Gasteiger partial charge in [0.05, 0.1) is 5.69 Å². The Balaban J connectivity index is 2.51. The average Bonchev–Trinajstić information content (AvgIpc) is 2.50. The molecule has 72 valence electrons. The van der Waals surface area contributed by atoms with Crippen molar-refractivity contribution in [1.82, 2.24) is 4.98 Å². The van der Waals surface area contributed by atoms with E-state index in [0.29, 0.717) is 0 Å². The third kappa shape index (κ3) is 2.04. The number of aryl methyl sites for hydroxylation is 2. The van der Waals surface area contributed by atoms with Crippen LogP contribution in [0.4, 0.5) is 0 Å². The maximum atomic E-state index is 4.40. The molecule has 2 aromatic rings. The SMILES string of the molecule is Cc1cc(C)cc(-c2csc(Br)n2)c1. The van der Waals surface area contributed by atoms with Crippen LogP contribution in [0.1, 0.15) is 11.1 Å². The predicted molar refractivity (Wildman–Crippen MR) is 64.7 cm³/mol. The Morgan fingerprint density at radius 1 is 1.14 bits per heavy atom. The van der Waals surface area contributed by atoms with Gasteiger partial charge in [-0.1, -0.05) is 17.2 Å². The number of benzene rings is 1. The Bertz CT molecular complexity index is 442. The van der Waals surface area contributed by atoms with Gasteiger partial charge in [-0.05, 0) is 41.9 Å². The lowest BCUT2D eigenvalue weighted by molar-refractivity contribution is 1.33. The summed E-state index contributed by atoms with van der Waals surface area (Å²) in [7, 11) is 0. The lowest BCUT2D eigenvalue weighted by atomic mass is 10.1. The molecule has 14 heavy (non-hydrogen) atoms. The van der Waals surface area contributed by atoms with Crippen LogP contribution >= 0.6 is 27.3 Å². The van der Waals surface area contributed by atoms with Crippen LogP contribution in [0, 0.1) is 13.8 Å². The van der Waals surface area contributed by atoms with E-state index in [9.17, 15) is 0 Å². The summed E-state index contributed by atoms with van der Waals surface area (Å²) in [6.45, 7) is 4.22. The second-order valence-electron chi connectivity index (χ2n) is 3.36. The molecule has 0 fully saturated rings. The number of rotatable bonds is 1. The number of nitrogens with zero attached hydrogens (tertiary/aromatic N) is 1. The molecule has 0 saturated heterocycles. The van der Waals surface area contributed by atoms with E-state index in [1.54, 1.807) is 11.3 Å². The Labute approximate surface area is 95.9 Å². The molecule has 1 aromatic heterocycles. The molecule has 0 unspecified atom stereocenters. The van der Waals surface area contributed by atoms with Gasteiger partial charge in [-0.3, -0.25) is 0 Å². The van der Waals surface area contributed by atoms with Crippen LogP contribution in [0.5, 0.6) is 0 Å². The summed E-state index contributed by atoms with van der Waals surface area (Å²) in [5, 5.41) is 2.07. The fraction of sp³-hybridized carbons (Fsp3) is 0.182. The highest BCUT2D eigenvalue weighted by Crippen LogP contribution is 2.26. The molecule has 0 amide bonds. The Hall–Kier alpha value is -0.670. The zero-order valence-electron chi connectivity index (χ0n) is 8.04. The zero-order chi connectivity index (χ0) is 10.1. The highest BCUT2D eigenvalue weighted by Gasteiger charge is 2.03. The Kier molecular flexibility index (Phi) is 2.70. The molecule has 0 radical (unpaired) electrons. The van der Waals surface area contributed by atoms with E-state index in [0.717, 1.165) is 9.61 Å². The minimum absolute atomic E-state index is 0.937. The van der Waals surface area contributed by atoms with E-state index < -0.39 is 0 Å². The topological polar surface area (TPSA) is 12.9 Å². The van der Waals surface area contributed by atoms with Gasteiger partial charge in [-0.2, -0.15) is 0 Å². The molecule has 0 bridgehead atoms. The predicted octanol–water partition coefficient (Wildman–Crippen LogP) is 4.19. The summed E-state index contributed by atoms with van der Waals surface area (Å²) >= 11 is 4.99. The van der Waals surface area contributed by atoms with E-state index in [-0.39, 0.29) is 0 Å². The lowest BCUT2D eigenvalue weighted by Crippen LogP contribution is -1.82. The van der Waals surface area contributed by atoms with Crippen LogP contribution < -0.4 is 0 Å². The highest BCUT2D eigenvalue weighted by molar-refractivity contribution is 9.11. The van der Waals surface area contributed by atoms with Crippen LogP contribution in [-0.2, 0) is 0 Å². The Morgan fingerprint density at radius 3 is 2.29 bits per heavy atom. The maximum Gasteiger partial charge on any atom is 0.159 e. The van der Waals surface area contributed by atoms with Crippen molar-refractivity contribution < 1.29 is 0 Å². The van der Waals surface area contributed by atoms with Gasteiger partial charge in [-0.25, -0.2) is 4.98 Å². The first-order valence-electron chi connectivity index (χ1n) is 4.35. The standard InChI is InChI=1S/C11H10BrNS/c1-7-3-8(2)5-9(4-7)10-6-14-11(12)13-10/h3-6H,1-2H3. The molecule has 0 atom stereocenters. The van der Waals surface area contributed by atoms with Gasteiger partial charge in [-0.15, -0.1) is 11.3 Å². The third-order valence-electron chi connectivity index (χ3n) is 1.99. The molecule has 2 rings (SSSR count). The Morgan fingerprint density at radius 2 is 1.79 bits per heavy atom. The van der Waals surface area contributed by atoms with Crippen molar-refractivity contribution >= 4 is 27.3 Å². The van der Waals surface area contributed by atoms with Gasteiger partial charge in [0.2, 0.25) is 0 Å². The van der Waals surface area contributed by atoms with Crippen molar-refractivity contribution in [3.8, 4) is 11.3 Å². The lowest BCUT2D eigenvalue weighted by Gasteiger charge is -2.01. The molecule has 0 aliphatic carbocycles. The van der Waals surface area contributed by atoms with E-state index in [1.807, 2.05) is 0 Å². The number of halogens is 1. The quantitative estimate of drug-likeness (QED) is 0.755. The largest absolute Gasteiger partial charge is 0.229 e. The number of hydrogen-bond acceptors (Lipinski definition) is 2. The molecule has 0 aliphatic heterocycles. The van der Waals surface area contributed by atoms with Gasteiger partial charge in [0, 0.05) is 10.9 Å². The van der Waals surface area contributed by atoms with Crippen molar-refractivity contribution in [1.29, 1.82) is 0 Å². The molecule has 0 saturated carbocycles. The summed E-state index contributed by atoms with van der Waals surface area (Å²) in [5.74, 6) is 0. The van der Waals surface area contributed by atoms with Crippen LogP contribution in [0.2, 0.25) is 0 Å². The van der Waals surface area contributed by atoms with E-state index in [2.05, 4.69) is 58.3 Å². The van der Waals surface area contributed by atoms with Crippen LogP contribution in [0.25, 0.3) is 11.3 Å². The molecule has 0 aliphatic rings.